The van der Waals surface area contributed by atoms with Crippen LogP contribution in [0.1, 0.15) is 16.8 Å². The van der Waals surface area contributed by atoms with Crippen molar-refractivity contribution in [2.45, 2.75) is 19.3 Å². The average molecular weight is 366 g/mol. The maximum absolute atomic E-state index is 12.6. The molecule has 2 aromatic rings. The number of piperazine rings is 1. The highest BCUT2D eigenvalue weighted by Gasteiger charge is 2.25. The quantitative estimate of drug-likeness (QED) is 0.845. The van der Waals surface area contributed by atoms with Gasteiger partial charge in [0.15, 0.2) is 0 Å². The molecule has 0 spiro atoms. The molecule has 1 fully saturated rings. The van der Waals surface area contributed by atoms with Crippen molar-refractivity contribution in [3.05, 3.63) is 53.3 Å². The molecule has 27 heavy (non-hydrogen) atoms. The van der Waals surface area contributed by atoms with E-state index in [1.54, 1.807) is 0 Å². The molecule has 7 heteroatoms. The molecular weight excluding hydrogens is 344 g/mol. The molecule has 1 aromatic heterocycles. The third-order valence-electron chi connectivity index (χ3n) is 5.14. The molecule has 0 atom stereocenters. The number of hydrogen-bond acceptors (Lipinski definition) is 3. The largest absolute Gasteiger partial charge is 0.365 e. The Balaban J connectivity index is 1.29. The number of anilines is 1. The van der Waals surface area contributed by atoms with Gasteiger partial charge in [-0.2, -0.15) is 0 Å². The van der Waals surface area contributed by atoms with Gasteiger partial charge in [-0.3, -0.25) is 14.4 Å². The van der Waals surface area contributed by atoms with E-state index in [1.165, 1.54) is 0 Å². The Morgan fingerprint density at radius 2 is 1.67 bits per heavy atom. The number of nitrogens with zero attached hydrogens (tertiary/aromatic N) is 2. The minimum absolute atomic E-state index is 0.00591. The third-order valence-corrected chi connectivity index (χ3v) is 5.14. The van der Waals surface area contributed by atoms with Crippen molar-refractivity contribution in [3.63, 3.8) is 0 Å². The second-order valence-corrected chi connectivity index (χ2v) is 7.03. The molecule has 140 valence electrons. The van der Waals surface area contributed by atoms with Gasteiger partial charge in [0, 0.05) is 43.8 Å². The number of fused-ring (bicyclic) bond motifs is 1. The number of carbonyl (C=O) groups excluding carboxylic acids is 3. The molecule has 0 aliphatic carbocycles. The van der Waals surface area contributed by atoms with E-state index >= 15 is 0 Å². The van der Waals surface area contributed by atoms with Crippen LogP contribution in [-0.4, -0.2) is 58.7 Å². The lowest BCUT2D eigenvalue weighted by molar-refractivity contribution is -0.138. The van der Waals surface area contributed by atoms with Crippen molar-refractivity contribution in [2.75, 3.05) is 31.5 Å². The molecule has 2 N–H and O–H groups in total. The summed E-state index contributed by atoms with van der Waals surface area (Å²) < 4.78 is 0. The fraction of sp³-hybridized carbons (Fsp3) is 0.350. The van der Waals surface area contributed by atoms with Crippen LogP contribution in [-0.2, 0) is 33.6 Å². The lowest BCUT2D eigenvalue weighted by Crippen LogP contribution is -2.51. The molecule has 1 aromatic carbocycles. The smallest absolute Gasteiger partial charge is 0.228 e. The molecule has 3 heterocycles. The Kier molecular flexibility index (Phi) is 4.66. The minimum atomic E-state index is -0.00591. The molecule has 4 rings (SSSR count). The van der Waals surface area contributed by atoms with E-state index < -0.39 is 0 Å². The lowest BCUT2D eigenvalue weighted by Gasteiger charge is -2.35. The summed E-state index contributed by atoms with van der Waals surface area (Å²) in [5.74, 6) is 0.137. The molecule has 2 aliphatic heterocycles. The summed E-state index contributed by atoms with van der Waals surface area (Å²) in [4.78, 5) is 43.1. The Bertz CT molecular complexity index is 867. The molecule has 0 unspecified atom stereocenters. The highest BCUT2D eigenvalue weighted by Crippen LogP contribution is 2.24. The van der Waals surface area contributed by atoms with Gasteiger partial charge >= 0.3 is 0 Å². The van der Waals surface area contributed by atoms with Crippen LogP contribution in [0, 0.1) is 0 Å². The number of rotatable bonds is 4. The molecule has 1 saturated heterocycles. The number of amides is 3. The van der Waals surface area contributed by atoms with Crippen LogP contribution in [0.2, 0.25) is 0 Å². The summed E-state index contributed by atoms with van der Waals surface area (Å²) >= 11 is 0. The van der Waals surface area contributed by atoms with Crippen LogP contribution in [0.4, 0.5) is 5.69 Å². The Morgan fingerprint density at radius 1 is 0.963 bits per heavy atom. The number of carbonyl (C=O) groups is 3. The van der Waals surface area contributed by atoms with E-state index in [-0.39, 0.29) is 17.7 Å². The molecular formula is C20H22N4O3. The molecule has 7 nitrogen and oxygen atoms in total. The van der Waals surface area contributed by atoms with Crippen molar-refractivity contribution in [1.29, 1.82) is 0 Å². The van der Waals surface area contributed by atoms with E-state index in [0.717, 1.165) is 22.5 Å². The topological polar surface area (TPSA) is 85.5 Å². The van der Waals surface area contributed by atoms with Crippen LogP contribution in [0.25, 0.3) is 0 Å². The third kappa shape index (κ3) is 3.86. The first-order valence-corrected chi connectivity index (χ1v) is 9.18. The second-order valence-electron chi connectivity index (χ2n) is 7.03. The van der Waals surface area contributed by atoms with Gasteiger partial charge in [0.2, 0.25) is 17.7 Å². The summed E-state index contributed by atoms with van der Waals surface area (Å²) in [6, 6.07) is 9.46. The summed E-state index contributed by atoms with van der Waals surface area (Å²) in [6.07, 6.45) is 2.86. The van der Waals surface area contributed by atoms with Crippen LogP contribution in [0.5, 0.6) is 0 Å². The first kappa shape index (κ1) is 17.3. The van der Waals surface area contributed by atoms with Crippen LogP contribution < -0.4 is 5.32 Å². The van der Waals surface area contributed by atoms with Gasteiger partial charge < -0.3 is 20.1 Å². The average Bonchev–Trinajstić information content (AvgIpc) is 3.30. The summed E-state index contributed by atoms with van der Waals surface area (Å²) in [5, 5.41) is 2.80. The van der Waals surface area contributed by atoms with Crippen LogP contribution in [0.15, 0.2) is 36.5 Å². The highest BCUT2D eigenvalue weighted by molar-refractivity contribution is 5.99. The van der Waals surface area contributed by atoms with Gasteiger partial charge in [-0.05, 0) is 29.3 Å². The molecule has 0 bridgehead atoms. The number of benzene rings is 1. The zero-order valence-electron chi connectivity index (χ0n) is 15.0. The van der Waals surface area contributed by atoms with Gasteiger partial charge in [-0.15, -0.1) is 0 Å². The standard InChI is InChI=1S/C20H22N4O3/c25-18-12-15-10-14(3-4-17(15)22-18)11-19(26)23-6-8-24(9-7-23)20(27)13-16-2-1-5-21-16/h1-5,10,21H,6-9,11-13H2,(H,22,25). The maximum Gasteiger partial charge on any atom is 0.228 e. The molecule has 0 saturated carbocycles. The highest BCUT2D eigenvalue weighted by atomic mass is 16.2. The molecule has 3 amide bonds. The SMILES string of the molecule is O=C1Cc2cc(CC(=O)N3CCN(C(=O)Cc4ccc[nH]4)CC3)ccc2N1. The number of H-pyrrole nitrogens is 1. The van der Waals surface area contributed by atoms with Gasteiger partial charge in [-0.25, -0.2) is 0 Å². The fourth-order valence-electron chi connectivity index (χ4n) is 3.64. The van der Waals surface area contributed by atoms with Crippen LogP contribution >= 0.6 is 0 Å². The van der Waals surface area contributed by atoms with Crippen LogP contribution in [0.3, 0.4) is 0 Å². The number of hydrogen-bond donors (Lipinski definition) is 2. The Morgan fingerprint density at radius 3 is 2.33 bits per heavy atom. The predicted molar refractivity (Wildman–Crippen MR) is 100 cm³/mol. The van der Waals surface area contributed by atoms with Crippen molar-refractivity contribution in [3.8, 4) is 0 Å². The zero-order valence-corrected chi connectivity index (χ0v) is 15.0. The normalized spacial score (nSPS) is 16.2. The van der Waals surface area contributed by atoms with E-state index in [9.17, 15) is 14.4 Å². The van der Waals surface area contributed by atoms with Gasteiger partial charge in [0.25, 0.3) is 0 Å². The van der Waals surface area contributed by atoms with Gasteiger partial charge in [0.1, 0.15) is 0 Å². The lowest BCUT2D eigenvalue weighted by atomic mass is 10.1. The van der Waals surface area contributed by atoms with Crippen molar-refractivity contribution >= 4 is 23.4 Å². The van der Waals surface area contributed by atoms with Gasteiger partial charge in [-0.1, -0.05) is 12.1 Å². The number of aromatic nitrogens is 1. The van der Waals surface area contributed by atoms with E-state index in [4.69, 9.17) is 0 Å². The van der Waals surface area contributed by atoms with Crippen molar-refractivity contribution < 1.29 is 14.4 Å². The molecule has 0 radical (unpaired) electrons. The van der Waals surface area contributed by atoms with E-state index in [0.29, 0.717) is 45.4 Å². The van der Waals surface area contributed by atoms with E-state index in [2.05, 4.69) is 10.3 Å². The minimum Gasteiger partial charge on any atom is -0.365 e. The number of nitrogens with one attached hydrogen (secondary N) is 2. The Labute approximate surface area is 157 Å². The van der Waals surface area contributed by atoms with E-state index in [1.807, 2.05) is 46.3 Å². The van der Waals surface area contributed by atoms with Gasteiger partial charge in [0.05, 0.1) is 19.3 Å². The predicted octanol–water partition coefficient (Wildman–Crippen LogP) is 0.965. The summed E-state index contributed by atoms with van der Waals surface area (Å²) in [7, 11) is 0. The van der Waals surface area contributed by atoms with Crippen molar-refractivity contribution in [1.82, 2.24) is 14.8 Å². The molecule has 2 aliphatic rings. The first-order chi connectivity index (χ1) is 13.1. The summed E-state index contributed by atoms with van der Waals surface area (Å²) in [6.45, 7) is 2.24. The summed E-state index contributed by atoms with van der Waals surface area (Å²) in [5.41, 5.74) is 3.61. The first-order valence-electron chi connectivity index (χ1n) is 9.18. The second kappa shape index (κ2) is 7.26. The maximum atomic E-state index is 12.6. The van der Waals surface area contributed by atoms with Crippen molar-refractivity contribution in [2.24, 2.45) is 0 Å². The number of aromatic amines is 1. The zero-order chi connectivity index (χ0) is 18.8. The Hall–Kier alpha value is -3.09. The monoisotopic (exact) mass is 366 g/mol. The fourth-order valence-corrected chi connectivity index (χ4v) is 3.64.